The molecule has 0 bridgehead atoms. The van der Waals surface area contributed by atoms with Crippen LogP contribution in [-0.4, -0.2) is 29.0 Å². The third-order valence-corrected chi connectivity index (χ3v) is 5.77. The number of phenols is 1. The first kappa shape index (κ1) is 22.2. The fourth-order valence-corrected chi connectivity index (χ4v) is 4.11. The van der Waals surface area contributed by atoms with Crippen LogP contribution >= 0.6 is 0 Å². The van der Waals surface area contributed by atoms with Crippen LogP contribution < -0.4 is 9.64 Å². The number of anilines is 1. The number of carbonyl (C=O) groups is 2. The first-order valence-electron chi connectivity index (χ1n) is 10.6. The number of amides is 1. The molecule has 170 valence electrons. The van der Waals surface area contributed by atoms with Gasteiger partial charge in [0.2, 0.25) is 0 Å². The van der Waals surface area contributed by atoms with Crippen LogP contribution in [0.4, 0.5) is 5.69 Å². The van der Waals surface area contributed by atoms with Crippen molar-refractivity contribution < 1.29 is 29.0 Å². The predicted octanol–water partition coefficient (Wildman–Crippen LogP) is 5.05. The number of benzene rings is 2. The molecule has 0 saturated carbocycles. The minimum Gasteiger partial charge on any atom is -0.507 e. The summed E-state index contributed by atoms with van der Waals surface area (Å²) in [6.45, 7) is 5.79. The summed E-state index contributed by atoms with van der Waals surface area (Å²) in [5, 5.41) is 21.8. The summed E-state index contributed by atoms with van der Waals surface area (Å²) in [6.07, 6.45) is 1.43. The largest absolute Gasteiger partial charge is 0.507 e. The molecule has 1 aromatic heterocycles. The lowest BCUT2D eigenvalue weighted by Crippen LogP contribution is -2.29. The van der Waals surface area contributed by atoms with Gasteiger partial charge in [-0.2, -0.15) is 0 Å². The Balaban J connectivity index is 1.95. The Morgan fingerprint density at radius 1 is 1.12 bits per heavy atom. The second-order valence-electron chi connectivity index (χ2n) is 8.29. The number of rotatable bonds is 5. The minimum absolute atomic E-state index is 0.0974. The number of carbonyl (C=O) groups excluding carboxylic acids is 2. The average Bonchev–Trinajstić information content (AvgIpc) is 3.41. The van der Waals surface area contributed by atoms with Crippen molar-refractivity contribution in [2.45, 2.75) is 32.7 Å². The van der Waals surface area contributed by atoms with Gasteiger partial charge in [-0.25, -0.2) is 0 Å². The maximum atomic E-state index is 13.2. The van der Waals surface area contributed by atoms with Gasteiger partial charge in [0.1, 0.15) is 29.1 Å². The third kappa shape index (κ3) is 3.75. The van der Waals surface area contributed by atoms with Gasteiger partial charge in [0, 0.05) is 5.56 Å². The fraction of sp³-hybridized carbons (Fsp3) is 0.231. The van der Waals surface area contributed by atoms with Crippen molar-refractivity contribution in [2.75, 3.05) is 12.0 Å². The second kappa shape index (κ2) is 8.50. The van der Waals surface area contributed by atoms with Gasteiger partial charge in [-0.15, -0.1) is 0 Å². The second-order valence-corrected chi connectivity index (χ2v) is 8.29. The van der Waals surface area contributed by atoms with Crippen LogP contribution in [0.25, 0.3) is 5.76 Å². The number of furan rings is 1. The molecule has 3 aromatic rings. The number of Topliss-reactive ketones (excluding diaryl/α,β-unsaturated/α-hetero) is 1. The number of phenolic OH excluding ortho intramolecular Hbond substituents is 1. The zero-order valence-corrected chi connectivity index (χ0v) is 18.8. The molecule has 0 spiro atoms. The van der Waals surface area contributed by atoms with E-state index < -0.39 is 17.7 Å². The summed E-state index contributed by atoms with van der Waals surface area (Å²) in [4.78, 5) is 27.5. The van der Waals surface area contributed by atoms with Crippen molar-refractivity contribution in [1.82, 2.24) is 0 Å². The quantitative estimate of drug-likeness (QED) is 0.322. The maximum absolute atomic E-state index is 13.2. The summed E-state index contributed by atoms with van der Waals surface area (Å²) in [6, 6.07) is 12.1. The van der Waals surface area contributed by atoms with E-state index in [0.717, 1.165) is 11.1 Å². The Morgan fingerprint density at radius 3 is 2.52 bits per heavy atom. The molecule has 33 heavy (non-hydrogen) atoms. The van der Waals surface area contributed by atoms with Crippen molar-refractivity contribution in [1.29, 1.82) is 0 Å². The Morgan fingerprint density at radius 2 is 1.88 bits per heavy atom. The van der Waals surface area contributed by atoms with Gasteiger partial charge in [0.05, 0.1) is 24.6 Å². The molecule has 4 rings (SSSR count). The Labute approximate surface area is 191 Å². The summed E-state index contributed by atoms with van der Waals surface area (Å²) in [5.74, 6) is -1.17. The summed E-state index contributed by atoms with van der Waals surface area (Å²) in [5.41, 5.74) is 2.06. The normalized spacial score (nSPS) is 17.7. The molecule has 1 aliphatic heterocycles. The summed E-state index contributed by atoms with van der Waals surface area (Å²) < 4.78 is 11.0. The summed E-state index contributed by atoms with van der Waals surface area (Å²) >= 11 is 0. The highest BCUT2D eigenvalue weighted by molar-refractivity contribution is 6.51. The van der Waals surface area contributed by atoms with E-state index in [1.54, 1.807) is 49.6 Å². The van der Waals surface area contributed by atoms with Gasteiger partial charge >= 0.3 is 0 Å². The molecule has 1 atom stereocenters. The van der Waals surface area contributed by atoms with E-state index in [1.165, 1.54) is 17.2 Å². The smallest absolute Gasteiger partial charge is 0.300 e. The van der Waals surface area contributed by atoms with Crippen LogP contribution in [0.15, 0.2) is 64.8 Å². The van der Waals surface area contributed by atoms with Gasteiger partial charge in [-0.1, -0.05) is 19.9 Å². The van der Waals surface area contributed by atoms with E-state index in [-0.39, 0.29) is 34.4 Å². The molecule has 2 heterocycles. The lowest BCUT2D eigenvalue weighted by Gasteiger charge is -2.24. The highest BCUT2D eigenvalue weighted by atomic mass is 16.5. The monoisotopic (exact) mass is 447 g/mol. The summed E-state index contributed by atoms with van der Waals surface area (Å²) in [7, 11) is 1.57. The standard InChI is InChI=1S/C26H25NO6/c1-14(2)17-13-16(8-10-20(17)32-4)24(29)22-23(21-6-5-11-33-21)27(26(31)25(22)30)18-12-15(3)7-9-19(18)28/h5-14,23,28-29H,1-4H3/b24-22-. The van der Waals surface area contributed by atoms with Gasteiger partial charge in [0.25, 0.3) is 11.7 Å². The van der Waals surface area contributed by atoms with E-state index in [0.29, 0.717) is 11.3 Å². The number of hydrogen-bond donors (Lipinski definition) is 2. The van der Waals surface area contributed by atoms with E-state index in [1.807, 2.05) is 20.8 Å². The van der Waals surface area contributed by atoms with E-state index in [9.17, 15) is 19.8 Å². The van der Waals surface area contributed by atoms with E-state index in [4.69, 9.17) is 9.15 Å². The Hall–Kier alpha value is -4.00. The van der Waals surface area contributed by atoms with Crippen LogP contribution in [0.2, 0.25) is 0 Å². The molecule has 1 aliphatic rings. The van der Waals surface area contributed by atoms with Crippen LogP contribution in [-0.2, 0) is 9.59 Å². The zero-order chi connectivity index (χ0) is 23.9. The minimum atomic E-state index is -1.04. The molecule has 1 saturated heterocycles. The molecule has 1 unspecified atom stereocenters. The number of ketones is 1. The number of methoxy groups -OCH3 is 1. The number of hydrogen-bond acceptors (Lipinski definition) is 6. The lowest BCUT2D eigenvalue weighted by molar-refractivity contribution is -0.132. The van der Waals surface area contributed by atoms with Crippen LogP contribution in [0, 0.1) is 6.92 Å². The molecule has 2 N–H and O–H groups in total. The molecule has 7 nitrogen and oxygen atoms in total. The number of aliphatic hydroxyl groups is 1. The van der Waals surface area contributed by atoms with E-state index >= 15 is 0 Å². The average molecular weight is 447 g/mol. The molecule has 7 heteroatoms. The third-order valence-electron chi connectivity index (χ3n) is 5.77. The van der Waals surface area contributed by atoms with Crippen molar-refractivity contribution in [3.05, 3.63) is 82.8 Å². The first-order chi connectivity index (χ1) is 15.7. The molecule has 1 fully saturated rings. The van der Waals surface area contributed by atoms with Gasteiger partial charge < -0.3 is 19.4 Å². The van der Waals surface area contributed by atoms with Gasteiger partial charge in [-0.3, -0.25) is 14.5 Å². The van der Waals surface area contributed by atoms with Crippen LogP contribution in [0.5, 0.6) is 11.5 Å². The number of aromatic hydroxyl groups is 1. The Bertz CT molecular complexity index is 1260. The Kier molecular flexibility index (Phi) is 5.72. The highest BCUT2D eigenvalue weighted by Crippen LogP contribution is 2.45. The van der Waals surface area contributed by atoms with Crippen molar-refractivity contribution in [3.63, 3.8) is 0 Å². The molecule has 1 amide bonds. The molecule has 2 aromatic carbocycles. The van der Waals surface area contributed by atoms with Crippen LogP contribution in [0.1, 0.15) is 48.3 Å². The van der Waals surface area contributed by atoms with Crippen molar-refractivity contribution >= 4 is 23.1 Å². The lowest BCUT2D eigenvalue weighted by atomic mass is 9.95. The number of aliphatic hydroxyl groups excluding tert-OH is 1. The van der Waals surface area contributed by atoms with Gasteiger partial charge in [0.15, 0.2) is 0 Å². The van der Waals surface area contributed by atoms with Gasteiger partial charge in [-0.05, 0) is 66.4 Å². The first-order valence-corrected chi connectivity index (χ1v) is 10.6. The van der Waals surface area contributed by atoms with Crippen molar-refractivity contribution in [2.24, 2.45) is 0 Å². The maximum Gasteiger partial charge on any atom is 0.300 e. The van der Waals surface area contributed by atoms with E-state index in [2.05, 4.69) is 0 Å². The fourth-order valence-electron chi connectivity index (χ4n) is 4.11. The molecular formula is C26H25NO6. The van der Waals surface area contributed by atoms with Crippen LogP contribution in [0.3, 0.4) is 0 Å². The topological polar surface area (TPSA) is 100 Å². The number of ether oxygens (including phenoxy) is 1. The number of nitrogens with zero attached hydrogens (tertiary/aromatic N) is 1. The van der Waals surface area contributed by atoms with Crippen molar-refractivity contribution in [3.8, 4) is 11.5 Å². The number of aryl methyl sites for hydroxylation is 1. The molecular weight excluding hydrogens is 422 g/mol. The zero-order valence-electron chi connectivity index (χ0n) is 18.8. The molecule has 0 radical (unpaired) electrons. The molecule has 0 aliphatic carbocycles. The highest BCUT2D eigenvalue weighted by Gasteiger charge is 2.49. The SMILES string of the molecule is COc1ccc(/C(O)=C2/C(=O)C(=O)N(c3cc(C)ccc3O)C2c2ccco2)cc1C(C)C. The predicted molar refractivity (Wildman–Crippen MR) is 123 cm³/mol.